The largest absolute Gasteiger partial charge is 0.314 e. The van der Waals surface area contributed by atoms with Crippen molar-refractivity contribution in [3.05, 3.63) is 29.8 Å². The summed E-state index contributed by atoms with van der Waals surface area (Å²) in [6.45, 7) is 3.46. The van der Waals surface area contributed by atoms with Crippen LogP contribution in [0.2, 0.25) is 0 Å². The second-order valence-electron chi connectivity index (χ2n) is 4.33. The summed E-state index contributed by atoms with van der Waals surface area (Å²) in [5.74, 6) is 0. The van der Waals surface area contributed by atoms with Crippen molar-refractivity contribution in [2.75, 3.05) is 13.1 Å². The van der Waals surface area contributed by atoms with Crippen molar-refractivity contribution in [2.45, 2.75) is 30.8 Å². The molecular formula is C12H17NO3S. The normalized spacial score (nSPS) is 21.4. The third-order valence-corrected chi connectivity index (χ3v) is 4.20. The van der Waals surface area contributed by atoms with Crippen LogP contribution in [0.1, 0.15) is 18.4 Å². The molecule has 5 heteroatoms. The van der Waals surface area contributed by atoms with E-state index in [9.17, 15) is 8.42 Å². The van der Waals surface area contributed by atoms with Gasteiger partial charge in [-0.3, -0.25) is 4.18 Å². The minimum Gasteiger partial charge on any atom is -0.314 e. The van der Waals surface area contributed by atoms with Crippen LogP contribution in [-0.2, 0) is 14.3 Å². The molecule has 1 heterocycles. The Labute approximate surface area is 102 Å². The van der Waals surface area contributed by atoms with Crippen molar-refractivity contribution in [1.82, 2.24) is 5.32 Å². The SMILES string of the molecule is Cc1ccc(S(=O)(=O)O[C@H]2CCCNC2)cc1. The molecule has 0 aliphatic carbocycles. The summed E-state index contributed by atoms with van der Waals surface area (Å²) in [7, 11) is -3.62. The first-order valence-electron chi connectivity index (χ1n) is 5.78. The molecule has 1 aromatic carbocycles. The molecule has 1 N–H and O–H groups in total. The minimum absolute atomic E-state index is 0.230. The van der Waals surface area contributed by atoms with Gasteiger partial charge in [-0.05, 0) is 38.4 Å². The van der Waals surface area contributed by atoms with Gasteiger partial charge in [-0.2, -0.15) is 8.42 Å². The van der Waals surface area contributed by atoms with Crippen molar-refractivity contribution in [1.29, 1.82) is 0 Å². The Kier molecular flexibility index (Phi) is 3.81. The topological polar surface area (TPSA) is 55.4 Å². The van der Waals surface area contributed by atoms with Crippen LogP contribution in [0.15, 0.2) is 29.2 Å². The molecule has 1 saturated heterocycles. The molecule has 1 aromatic rings. The van der Waals surface area contributed by atoms with E-state index in [1.54, 1.807) is 24.3 Å². The summed E-state index contributed by atoms with van der Waals surface area (Å²) >= 11 is 0. The Hall–Kier alpha value is -0.910. The monoisotopic (exact) mass is 255 g/mol. The maximum atomic E-state index is 12.0. The molecular weight excluding hydrogens is 238 g/mol. The third kappa shape index (κ3) is 3.28. The predicted molar refractivity (Wildman–Crippen MR) is 65.3 cm³/mol. The molecule has 94 valence electrons. The van der Waals surface area contributed by atoms with E-state index in [-0.39, 0.29) is 11.0 Å². The molecule has 0 aromatic heterocycles. The van der Waals surface area contributed by atoms with E-state index in [0.717, 1.165) is 24.9 Å². The lowest BCUT2D eigenvalue weighted by molar-refractivity contribution is 0.174. The number of rotatable bonds is 3. The molecule has 1 aliphatic rings. The van der Waals surface area contributed by atoms with Crippen molar-refractivity contribution in [3.8, 4) is 0 Å². The van der Waals surface area contributed by atoms with Gasteiger partial charge in [0.05, 0.1) is 11.0 Å². The quantitative estimate of drug-likeness (QED) is 0.831. The zero-order chi connectivity index (χ0) is 12.3. The molecule has 1 aliphatic heterocycles. The van der Waals surface area contributed by atoms with Crippen LogP contribution >= 0.6 is 0 Å². The average molecular weight is 255 g/mol. The van der Waals surface area contributed by atoms with Crippen LogP contribution in [0, 0.1) is 6.92 Å². The van der Waals surface area contributed by atoms with Gasteiger partial charge in [0.25, 0.3) is 10.1 Å². The van der Waals surface area contributed by atoms with Gasteiger partial charge < -0.3 is 5.32 Å². The fraction of sp³-hybridized carbons (Fsp3) is 0.500. The molecule has 0 radical (unpaired) electrons. The number of hydrogen-bond donors (Lipinski definition) is 1. The minimum atomic E-state index is -3.62. The van der Waals surface area contributed by atoms with Gasteiger partial charge in [-0.1, -0.05) is 17.7 Å². The maximum absolute atomic E-state index is 12.0. The zero-order valence-electron chi connectivity index (χ0n) is 9.85. The number of hydrogen-bond acceptors (Lipinski definition) is 4. The van der Waals surface area contributed by atoms with Gasteiger partial charge in [-0.15, -0.1) is 0 Å². The van der Waals surface area contributed by atoms with E-state index >= 15 is 0 Å². The van der Waals surface area contributed by atoms with Gasteiger partial charge in [0, 0.05) is 6.54 Å². The Morgan fingerprint density at radius 3 is 2.59 bits per heavy atom. The molecule has 0 unspecified atom stereocenters. The number of aryl methyl sites for hydroxylation is 1. The third-order valence-electron chi connectivity index (χ3n) is 2.82. The smallest absolute Gasteiger partial charge is 0.297 e. The summed E-state index contributed by atoms with van der Waals surface area (Å²) in [5.41, 5.74) is 1.03. The summed E-state index contributed by atoms with van der Waals surface area (Å²) < 4.78 is 29.1. The standard InChI is InChI=1S/C12H17NO3S/c1-10-4-6-12(7-5-10)17(14,15)16-11-3-2-8-13-9-11/h4-7,11,13H,2-3,8-9H2,1H3/t11-/m0/s1. The van der Waals surface area contributed by atoms with Gasteiger partial charge >= 0.3 is 0 Å². The first-order chi connectivity index (χ1) is 8.08. The van der Waals surface area contributed by atoms with Crippen LogP contribution in [0.5, 0.6) is 0 Å². The van der Waals surface area contributed by atoms with E-state index < -0.39 is 10.1 Å². The van der Waals surface area contributed by atoms with Crippen molar-refractivity contribution >= 4 is 10.1 Å². The zero-order valence-corrected chi connectivity index (χ0v) is 10.7. The van der Waals surface area contributed by atoms with E-state index in [2.05, 4.69) is 5.32 Å². The fourth-order valence-corrected chi connectivity index (χ4v) is 2.94. The van der Waals surface area contributed by atoms with Gasteiger partial charge in [0.1, 0.15) is 0 Å². The predicted octanol–water partition coefficient (Wildman–Crippen LogP) is 1.45. The highest BCUT2D eigenvalue weighted by Crippen LogP contribution is 2.17. The summed E-state index contributed by atoms with van der Waals surface area (Å²) in [4.78, 5) is 0.230. The van der Waals surface area contributed by atoms with E-state index in [0.29, 0.717) is 6.54 Å². The highest BCUT2D eigenvalue weighted by Gasteiger charge is 2.23. The Balaban J connectivity index is 2.10. The molecule has 0 amide bonds. The number of benzene rings is 1. The summed E-state index contributed by atoms with van der Waals surface area (Å²) in [5, 5.41) is 3.13. The second kappa shape index (κ2) is 5.16. The van der Waals surface area contributed by atoms with Crippen LogP contribution in [-0.4, -0.2) is 27.6 Å². The van der Waals surface area contributed by atoms with Crippen LogP contribution in [0.3, 0.4) is 0 Å². The molecule has 2 rings (SSSR count). The highest BCUT2D eigenvalue weighted by molar-refractivity contribution is 7.86. The molecule has 1 atom stereocenters. The van der Waals surface area contributed by atoms with Crippen molar-refractivity contribution < 1.29 is 12.6 Å². The van der Waals surface area contributed by atoms with E-state index in [4.69, 9.17) is 4.18 Å². The van der Waals surface area contributed by atoms with Crippen LogP contribution in [0.25, 0.3) is 0 Å². The van der Waals surface area contributed by atoms with Crippen LogP contribution in [0.4, 0.5) is 0 Å². The van der Waals surface area contributed by atoms with Gasteiger partial charge in [0.15, 0.2) is 0 Å². The van der Waals surface area contributed by atoms with Crippen molar-refractivity contribution in [2.24, 2.45) is 0 Å². The molecule has 0 saturated carbocycles. The molecule has 0 spiro atoms. The molecule has 0 bridgehead atoms. The second-order valence-corrected chi connectivity index (χ2v) is 5.90. The lowest BCUT2D eigenvalue weighted by atomic mass is 10.1. The van der Waals surface area contributed by atoms with Crippen molar-refractivity contribution in [3.63, 3.8) is 0 Å². The lowest BCUT2D eigenvalue weighted by Crippen LogP contribution is -2.36. The molecule has 4 nitrogen and oxygen atoms in total. The van der Waals surface area contributed by atoms with Gasteiger partial charge in [0.2, 0.25) is 0 Å². The molecule has 1 fully saturated rings. The number of nitrogens with one attached hydrogen (secondary N) is 1. The van der Waals surface area contributed by atoms with E-state index in [1.807, 2.05) is 6.92 Å². The first-order valence-corrected chi connectivity index (χ1v) is 7.19. The maximum Gasteiger partial charge on any atom is 0.297 e. The summed E-state index contributed by atoms with van der Waals surface area (Å²) in [6, 6.07) is 6.71. The number of piperidine rings is 1. The first kappa shape index (κ1) is 12.5. The lowest BCUT2D eigenvalue weighted by Gasteiger charge is -2.22. The summed E-state index contributed by atoms with van der Waals surface area (Å²) in [6.07, 6.45) is 1.50. The van der Waals surface area contributed by atoms with Gasteiger partial charge in [-0.25, -0.2) is 0 Å². The average Bonchev–Trinajstić information content (AvgIpc) is 2.30. The Morgan fingerprint density at radius 1 is 1.29 bits per heavy atom. The van der Waals surface area contributed by atoms with E-state index in [1.165, 1.54) is 0 Å². The molecule has 17 heavy (non-hydrogen) atoms. The highest BCUT2D eigenvalue weighted by atomic mass is 32.2. The fourth-order valence-electron chi connectivity index (χ4n) is 1.84. The Bertz CT molecular complexity index is 461. The van der Waals surface area contributed by atoms with Crippen LogP contribution < -0.4 is 5.32 Å². The Morgan fingerprint density at radius 2 is 2.00 bits per heavy atom.